The van der Waals surface area contributed by atoms with Gasteiger partial charge in [-0.05, 0) is 44.9 Å². The Morgan fingerprint density at radius 1 is 1.35 bits per heavy atom. The largest absolute Gasteiger partial charge is 0.464 e. The second-order valence-electron chi connectivity index (χ2n) is 6.02. The maximum atomic E-state index is 14.9. The molecule has 3 unspecified atom stereocenters. The highest BCUT2D eigenvalue weighted by Crippen LogP contribution is 2.46. The highest BCUT2D eigenvalue weighted by Gasteiger charge is 2.55. The second-order valence-corrected chi connectivity index (χ2v) is 8.35. The van der Waals surface area contributed by atoms with Crippen molar-refractivity contribution in [2.24, 2.45) is 11.8 Å². The summed E-state index contributed by atoms with van der Waals surface area (Å²) in [4.78, 5) is 11.8. The van der Waals surface area contributed by atoms with Crippen LogP contribution >= 0.6 is 0 Å². The third-order valence-corrected chi connectivity index (χ3v) is 6.88. The molecule has 2 aliphatic carbocycles. The van der Waals surface area contributed by atoms with Gasteiger partial charge in [-0.3, -0.25) is 0 Å². The summed E-state index contributed by atoms with van der Waals surface area (Å²) in [5.74, 6) is -1.50. The zero-order valence-corrected chi connectivity index (χ0v) is 12.9. The van der Waals surface area contributed by atoms with Gasteiger partial charge in [-0.15, -0.1) is 0 Å². The minimum atomic E-state index is -3.11. The molecule has 2 fully saturated rings. The van der Waals surface area contributed by atoms with Crippen molar-refractivity contribution in [3.8, 4) is 0 Å². The van der Waals surface area contributed by atoms with E-state index in [-0.39, 0.29) is 29.9 Å². The fraction of sp³-hybridized carbons (Fsp3) is 0.929. The van der Waals surface area contributed by atoms with E-state index in [1.54, 1.807) is 6.92 Å². The van der Waals surface area contributed by atoms with E-state index in [0.717, 1.165) is 12.8 Å². The molecule has 0 saturated heterocycles. The average molecular weight is 306 g/mol. The number of carbonyl (C=O) groups excluding carboxylic acids is 1. The summed E-state index contributed by atoms with van der Waals surface area (Å²) in [6.45, 7) is 3.62. The molecule has 0 aromatic carbocycles. The Morgan fingerprint density at radius 3 is 2.50 bits per heavy atom. The number of rotatable bonds is 6. The van der Waals surface area contributed by atoms with Crippen LogP contribution in [-0.2, 0) is 19.4 Å². The molecule has 6 heteroatoms. The van der Waals surface area contributed by atoms with Crippen LogP contribution in [0.25, 0.3) is 0 Å². The number of carbonyl (C=O) groups is 1. The molecule has 0 N–H and O–H groups in total. The van der Waals surface area contributed by atoms with Crippen LogP contribution in [0.15, 0.2) is 0 Å². The molecule has 0 aliphatic heterocycles. The SMILES string of the molecule is CCOC(=O)C1(F)CC(CS(=O)(=O)C2CC2)CC1CC. The highest BCUT2D eigenvalue weighted by molar-refractivity contribution is 7.92. The quantitative estimate of drug-likeness (QED) is 0.706. The van der Waals surface area contributed by atoms with E-state index in [0.29, 0.717) is 12.8 Å². The molecule has 0 aromatic heterocycles. The summed E-state index contributed by atoms with van der Waals surface area (Å²) in [5.41, 5.74) is -2.01. The van der Waals surface area contributed by atoms with E-state index in [1.807, 2.05) is 6.92 Å². The van der Waals surface area contributed by atoms with Crippen LogP contribution in [0.1, 0.15) is 46.0 Å². The summed E-state index contributed by atoms with van der Waals surface area (Å²) in [6, 6.07) is 0. The summed E-state index contributed by atoms with van der Waals surface area (Å²) < 4.78 is 43.8. The van der Waals surface area contributed by atoms with Crippen molar-refractivity contribution >= 4 is 15.8 Å². The van der Waals surface area contributed by atoms with Gasteiger partial charge in [-0.1, -0.05) is 6.92 Å². The number of sulfone groups is 1. The van der Waals surface area contributed by atoms with E-state index in [4.69, 9.17) is 4.74 Å². The van der Waals surface area contributed by atoms with Gasteiger partial charge < -0.3 is 4.74 Å². The Hall–Kier alpha value is -0.650. The standard InChI is InChI=1S/C14H23FO4S/c1-3-11-7-10(9-20(17,18)12-5-6-12)8-14(11,15)13(16)19-4-2/h10-12H,3-9H2,1-2H3. The van der Waals surface area contributed by atoms with Crippen LogP contribution in [0.4, 0.5) is 4.39 Å². The van der Waals surface area contributed by atoms with Gasteiger partial charge in [0.05, 0.1) is 17.6 Å². The van der Waals surface area contributed by atoms with Crippen LogP contribution in [0, 0.1) is 11.8 Å². The fourth-order valence-electron chi connectivity index (χ4n) is 3.27. The van der Waals surface area contributed by atoms with E-state index in [1.165, 1.54) is 0 Å². The smallest absolute Gasteiger partial charge is 0.344 e. The molecular formula is C14H23FO4S. The number of hydrogen-bond acceptors (Lipinski definition) is 4. The monoisotopic (exact) mass is 306 g/mol. The number of alkyl halides is 1. The summed E-state index contributed by atoms with van der Waals surface area (Å²) in [5, 5.41) is -0.222. The Balaban J connectivity index is 2.07. The van der Waals surface area contributed by atoms with Crippen LogP contribution in [0.5, 0.6) is 0 Å². The first-order chi connectivity index (χ1) is 9.33. The molecule has 0 heterocycles. The molecule has 0 spiro atoms. The lowest BCUT2D eigenvalue weighted by molar-refractivity contribution is -0.160. The predicted octanol–water partition coefficient (Wildman–Crippen LogP) is 2.27. The topological polar surface area (TPSA) is 60.4 Å². The van der Waals surface area contributed by atoms with Crippen molar-refractivity contribution in [2.45, 2.75) is 56.9 Å². The normalized spacial score (nSPS) is 34.1. The summed E-state index contributed by atoms with van der Waals surface area (Å²) >= 11 is 0. The molecule has 2 aliphatic rings. The van der Waals surface area contributed by atoms with Crippen molar-refractivity contribution in [1.82, 2.24) is 0 Å². The minimum absolute atomic E-state index is 0.0131. The predicted molar refractivity (Wildman–Crippen MR) is 73.8 cm³/mol. The van der Waals surface area contributed by atoms with E-state index in [2.05, 4.69) is 0 Å². The summed E-state index contributed by atoms with van der Waals surface area (Å²) in [7, 11) is -3.11. The van der Waals surface area contributed by atoms with Crippen molar-refractivity contribution in [3.05, 3.63) is 0 Å². The van der Waals surface area contributed by atoms with Crippen LogP contribution in [0.3, 0.4) is 0 Å². The van der Waals surface area contributed by atoms with Crippen molar-refractivity contribution in [1.29, 1.82) is 0 Å². The highest BCUT2D eigenvalue weighted by atomic mass is 32.2. The summed E-state index contributed by atoms with van der Waals surface area (Å²) in [6.07, 6.45) is 2.42. The third-order valence-electron chi connectivity index (χ3n) is 4.46. The lowest BCUT2D eigenvalue weighted by Gasteiger charge is -2.23. The first kappa shape index (κ1) is 15.7. The van der Waals surface area contributed by atoms with Crippen LogP contribution in [-0.4, -0.2) is 37.7 Å². The maximum absolute atomic E-state index is 14.9. The lowest BCUT2D eigenvalue weighted by atomic mass is 9.90. The van der Waals surface area contributed by atoms with Crippen LogP contribution in [0.2, 0.25) is 0 Å². The minimum Gasteiger partial charge on any atom is -0.464 e. The van der Waals surface area contributed by atoms with E-state index < -0.39 is 27.4 Å². The molecule has 0 aromatic rings. The number of hydrogen-bond donors (Lipinski definition) is 0. The Bertz CT molecular complexity index is 472. The zero-order chi connectivity index (χ0) is 15.0. The Kier molecular flexibility index (Phi) is 4.42. The molecule has 0 bridgehead atoms. The van der Waals surface area contributed by atoms with Gasteiger partial charge in [0.15, 0.2) is 9.84 Å². The zero-order valence-electron chi connectivity index (χ0n) is 12.1. The van der Waals surface area contributed by atoms with Crippen molar-refractivity contribution in [3.63, 3.8) is 0 Å². The van der Waals surface area contributed by atoms with Gasteiger partial charge in [0.25, 0.3) is 0 Å². The van der Waals surface area contributed by atoms with E-state index in [9.17, 15) is 17.6 Å². The molecule has 116 valence electrons. The van der Waals surface area contributed by atoms with Gasteiger partial charge in [0.1, 0.15) is 0 Å². The number of ether oxygens (including phenoxy) is 1. The lowest BCUT2D eigenvalue weighted by Crippen LogP contribution is -2.39. The fourth-order valence-corrected chi connectivity index (χ4v) is 5.31. The van der Waals surface area contributed by atoms with Gasteiger partial charge in [-0.25, -0.2) is 17.6 Å². The average Bonchev–Trinajstić information content (AvgIpc) is 3.16. The second kappa shape index (κ2) is 5.62. The Morgan fingerprint density at radius 2 is 2.00 bits per heavy atom. The van der Waals surface area contributed by atoms with Crippen molar-refractivity contribution < 1.29 is 22.3 Å². The van der Waals surface area contributed by atoms with Gasteiger partial charge >= 0.3 is 5.97 Å². The first-order valence-corrected chi connectivity index (χ1v) is 9.12. The molecule has 4 nitrogen and oxygen atoms in total. The van der Waals surface area contributed by atoms with Gasteiger partial charge in [-0.2, -0.15) is 0 Å². The van der Waals surface area contributed by atoms with Crippen LogP contribution < -0.4 is 0 Å². The molecule has 0 radical (unpaired) electrons. The Labute approximate surface area is 120 Å². The van der Waals surface area contributed by atoms with Crippen molar-refractivity contribution in [2.75, 3.05) is 12.4 Å². The van der Waals surface area contributed by atoms with E-state index >= 15 is 0 Å². The molecule has 3 atom stereocenters. The molecular weight excluding hydrogens is 283 g/mol. The molecule has 2 saturated carbocycles. The number of halogens is 1. The molecule has 2 rings (SSSR count). The first-order valence-electron chi connectivity index (χ1n) is 7.41. The van der Waals surface area contributed by atoms with Gasteiger partial charge in [0, 0.05) is 5.92 Å². The van der Waals surface area contributed by atoms with Gasteiger partial charge in [0.2, 0.25) is 5.67 Å². The maximum Gasteiger partial charge on any atom is 0.344 e. The third kappa shape index (κ3) is 3.00. The number of esters is 1. The molecule has 20 heavy (non-hydrogen) atoms. The molecule has 0 amide bonds.